The molecule has 98 valence electrons. The van der Waals surface area contributed by atoms with Crippen LogP contribution in [0.25, 0.3) is 0 Å². The molecule has 1 N–H and O–H groups in total. The highest BCUT2D eigenvalue weighted by Crippen LogP contribution is 2.29. The van der Waals surface area contributed by atoms with Crippen LogP contribution in [0.4, 0.5) is 5.82 Å². The molecule has 0 amide bonds. The molecule has 1 aromatic rings. The molecule has 0 saturated heterocycles. The van der Waals surface area contributed by atoms with E-state index in [0.717, 1.165) is 19.4 Å². The summed E-state index contributed by atoms with van der Waals surface area (Å²) in [5.74, 6) is -0.364. The summed E-state index contributed by atoms with van der Waals surface area (Å²) in [5, 5.41) is 8.74. The highest BCUT2D eigenvalue weighted by Gasteiger charge is 2.33. The number of aromatic nitrogens is 2. The molecule has 0 bridgehead atoms. The summed E-state index contributed by atoms with van der Waals surface area (Å²) in [4.78, 5) is 20.7. The van der Waals surface area contributed by atoms with Crippen LogP contribution in [0.3, 0.4) is 0 Å². The summed E-state index contributed by atoms with van der Waals surface area (Å²) in [5.41, 5.74) is -0.0343. The van der Waals surface area contributed by atoms with E-state index in [-0.39, 0.29) is 5.69 Å². The maximum atomic E-state index is 10.7. The molecule has 1 saturated carbocycles. The molecule has 1 fully saturated rings. The van der Waals surface area contributed by atoms with E-state index in [2.05, 4.69) is 9.97 Å². The second kappa shape index (κ2) is 5.30. The van der Waals surface area contributed by atoms with Crippen molar-refractivity contribution in [2.45, 2.75) is 31.9 Å². The Kier molecular flexibility index (Phi) is 3.76. The number of rotatable bonds is 5. The number of carboxylic acid groups (broad SMARTS) is 1. The van der Waals surface area contributed by atoms with E-state index < -0.39 is 5.97 Å². The minimum absolute atomic E-state index is 0.0343. The van der Waals surface area contributed by atoms with E-state index in [0.29, 0.717) is 18.0 Å². The number of carbonyl (C=O) groups is 1. The Hall–Kier alpha value is -1.69. The highest BCUT2D eigenvalue weighted by atomic mass is 16.5. The Balaban J connectivity index is 1.94. The number of hydrogen-bond donors (Lipinski definition) is 1. The quantitative estimate of drug-likeness (QED) is 0.846. The molecule has 0 aromatic carbocycles. The van der Waals surface area contributed by atoms with Crippen LogP contribution in [0.1, 0.15) is 30.3 Å². The fraction of sp³-hybridized carbons (Fsp3) is 0.583. The van der Waals surface area contributed by atoms with Gasteiger partial charge in [0.25, 0.3) is 0 Å². The monoisotopic (exact) mass is 251 g/mol. The topological polar surface area (TPSA) is 75.5 Å². The van der Waals surface area contributed by atoms with Crippen LogP contribution < -0.4 is 4.90 Å². The minimum atomic E-state index is -1.06. The van der Waals surface area contributed by atoms with Gasteiger partial charge in [-0.1, -0.05) is 0 Å². The van der Waals surface area contributed by atoms with Gasteiger partial charge in [0.1, 0.15) is 5.82 Å². The first-order chi connectivity index (χ1) is 8.61. The van der Waals surface area contributed by atoms with Gasteiger partial charge in [-0.25, -0.2) is 14.8 Å². The fourth-order valence-electron chi connectivity index (χ4n) is 2.03. The smallest absolute Gasteiger partial charge is 0.356 e. The number of nitrogens with zero attached hydrogens (tertiary/aromatic N) is 3. The van der Waals surface area contributed by atoms with Crippen molar-refractivity contribution in [1.29, 1.82) is 0 Å². The molecule has 1 aliphatic rings. The number of aromatic carboxylic acids is 1. The molecule has 18 heavy (non-hydrogen) atoms. The standard InChI is InChI=1S/C12H17N3O3/c1-3-18-9-4-8(5-9)15(2)11-7-13-10(6-14-11)12(16)17/h6-9H,3-5H2,1-2H3,(H,16,17). The zero-order chi connectivity index (χ0) is 13.1. The molecule has 1 heterocycles. The minimum Gasteiger partial charge on any atom is -0.476 e. The summed E-state index contributed by atoms with van der Waals surface area (Å²) in [6, 6.07) is 0.395. The third-order valence-corrected chi connectivity index (χ3v) is 3.24. The lowest BCUT2D eigenvalue weighted by Crippen LogP contribution is -2.46. The molecule has 0 unspecified atom stereocenters. The molecule has 0 spiro atoms. The summed E-state index contributed by atoms with van der Waals surface area (Å²) < 4.78 is 5.50. The molecular formula is C12H17N3O3. The second-order valence-corrected chi connectivity index (χ2v) is 4.38. The van der Waals surface area contributed by atoms with Crippen molar-refractivity contribution in [3.63, 3.8) is 0 Å². The van der Waals surface area contributed by atoms with Crippen molar-refractivity contribution in [3.8, 4) is 0 Å². The van der Waals surface area contributed by atoms with E-state index in [4.69, 9.17) is 9.84 Å². The molecule has 6 nitrogen and oxygen atoms in total. The summed E-state index contributed by atoms with van der Waals surface area (Å²) in [7, 11) is 1.94. The zero-order valence-corrected chi connectivity index (χ0v) is 10.5. The van der Waals surface area contributed by atoms with Crippen molar-refractivity contribution >= 4 is 11.8 Å². The van der Waals surface area contributed by atoms with Crippen LogP contribution in [0.15, 0.2) is 12.4 Å². The third kappa shape index (κ3) is 2.59. The molecule has 2 rings (SSSR count). The normalized spacial score (nSPS) is 22.3. The van der Waals surface area contributed by atoms with Crippen LogP contribution in [-0.4, -0.2) is 46.8 Å². The van der Waals surface area contributed by atoms with E-state index in [1.165, 1.54) is 12.4 Å². The molecular weight excluding hydrogens is 234 g/mol. The number of anilines is 1. The van der Waals surface area contributed by atoms with Gasteiger partial charge in [0.15, 0.2) is 5.69 Å². The van der Waals surface area contributed by atoms with Crippen LogP contribution in [-0.2, 0) is 4.74 Å². The Morgan fingerprint density at radius 2 is 2.22 bits per heavy atom. The van der Waals surface area contributed by atoms with Crippen LogP contribution >= 0.6 is 0 Å². The predicted molar refractivity (Wildman–Crippen MR) is 65.8 cm³/mol. The summed E-state index contributed by atoms with van der Waals surface area (Å²) in [6.07, 6.45) is 5.08. The summed E-state index contributed by atoms with van der Waals surface area (Å²) >= 11 is 0. The second-order valence-electron chi connectivity index (χ2n) is 4.38. The Bertz CT molecular complexity index is 415. The van der Waals surface area contributed by atoms with E-state index in [1.807, 2.05) is 18.9 Å². The maximum absolute atomic E-state index is 10.7. The van der Waals surface area contributed by atoms with E-state index >= 15 is 0 Å². The average Bonchev–Trinajstić information content (AvgIpc) is 2.32. The van der Waals surface area contributed by atoms with Gasteiger partial charge in [-0.3, -0.25) is 0 Å². The van der Waals surface area contributed by atoms with Gasteiger partial charge in [0.05, 0.1) is 18.5 Å². The van der Waals surface area contributed by atoms with Crippen molar-refractivity contribution in [2.75, 3.05) is 18.6 Å². The van der Waals surface area contributed by atoms with Gasteiger partial charge < -0.3 is 14.7 Å². The average molecular weight is 251 g/mol. The van der Waals surface area contributed by atoms with E-state index in [9.17, 15) is 4.79 Å². The Labute approximate surface area is 106 Å². The van der Waals surface area contributed by atoms with Gasteiger partial charge in [-0.05, 0) is 19.8 Å². The van der Waals surface area contributed by atoms with Gasteiger partial charge in [0, 0.05) is 19.7 Å². The Morgan fingerprint density at radius 3 is 2.72 bits per heavy atom. The van der Waals surface area contributed by atoms with Crippen LogP contribution in [0, 0.1) is 0 Å². The lowest BCUT2D eigenvalue weighted by Gasteiger charge is -2.41. The molecule has 1 aromatic heterocycles. The SMILES string of the molecule is CCOC1CC(N(C)c2cnc(C(=O)O)cn2)C1. The highest BCUT2D eigenvalue weighted by molar-refractivity contribution is 5.84. The predicted octanol–water partition coefficient (Wildman–Crippen LogP) is 1.18. The lowest BCUT2D eigenvalue weighted by atomic mass is 9.88. The summed E-state index contributed by atoms with van der Waals surface area (Å²) in [6.45, 7) is 2.74. The molecule has 6 heteroatoms. The molecule has 1 aliphatic carbocycles. The number of ether oxygens (including phenoxy) is 1. The lowest BCUT2D eigenvalue weighted by molar-refractivity contribution is -0.00236. The van der Waals surface area contributed by atoms with Gasteiger partial charge in [-0.2, -0.15) is 0 Å². The first-order valence-electron chi connectivity index (χ1n) is 6.01. The molecule has 0 atom stereocenters. The van der Waals surface area contributed by atoms with Crippen molar-refractivity contribution in [3.05, 3.63) is 18.1 Å². The number of hydrogen-bond acceptors (Lipinski definition) is 5. The van der Waals surface area contributed by atoms with Crippen molar-refractivity contribution < 1.29 is 14.6 Å². The largest absolute Gasteiger partial charge is 0.476 e. The van der Waals surface area contributed by atoms with Crippen LogP contribution in [0.2, 0.25) is 0 Å². The number of carboxylic acids is 1. The Morgan fingerprint density at radius 1 is 1.50 bits per heavy atom. The molecule has 0 aliphatic heterocycles. The first kappa shape index (κ1) is 12.8. The van der Waals surface area contributed by atoms with Gasteiger partial charge in [-0.15, -0.1) is 0 Å². The molecule has 0 radical (unpaired) electrons. The maximum Gasteiger partial charge on any atom is 0.356 e. The zero-order valence-electron chi connectivity index (χ0n) is 10.5. The third-order valence-electron chi connectivity index (χ3n) is 3.24. The van der Waals surface area contributed by atoms with Crippen LogP contribution in [0.5, 0.6) is 0 Å². The van der Waals surface area contributed by atoms with Crippen molar-refractivity contribution in [2.24, 2.45) is 0 Å². The fourth-order valence-corrected chi connectivity index (χ4v) is 2.03. The van der Waals surface area contributed by atoms with Crippen molar-refractivity contribution in [1.82, 2.24) is 9.97 Å². The first-order valence-corrected chi connectivity index (χ1v) is 6.01. The van der Waals surface area contributed by atoms with E-state index in [1.54, 1.807) is 0 Å². The van der Waals surface area contributed by atoms with Gasteiger partial charge >= 0.3 is 5.97 Å². The van der Waals surface area contributed by atoms with Gasteiger partial charge in [0.2, 0.25) is 0 Å².